The molecule has 0 radical (unpaired) electrons. The first-order chi connectivity index (χ1) is 8.84. The van der Waals surface area contributed by atoms with Gasteiger partial charge in [-0.3, -0.25) is 0 Å². The zero-order valence-electron chi connectivity index (χ0n) is 11.1. The van der Waals surface area contributed by atoms with Crippen LogP contribution in [0.1, 0.15) is 22.6 Å². The van der Waals surface area contributed by atoms with E-state index in [1.807, 2.05) is 11.3 Å². The van der Waals surface area contributed by atoms with E-state index in [0.717, 1.165) is 52.4 Å². The van der Waals surface area contributed by atoms with Crippen molar-refractivity contribution >= 4 is 11.3 Å². The largest absolute Gasteiger partial charge is 0.381 e. The molecule has 1 aliphatic heterocycles. The van der Waals surface area contributed by atoms with Crippen molar-refractivity contribution in [1.82, 2.24) is 5.32 Å². The maximum Gasteiger partial charge on any atom is 0.0591 e. The van der Waals surface area contributed by atoms with Crippen molar-refractivity contribution in [1.29, 1.82) is 0 Å². The standard InChI is InChI=1S/C14H23NO2S/c1-12-2-3-14(18-12)10-15-6-9-17-11-13-4-7-16-8-5-13/h2-3,13,15H,4-11H2,1H3. The first kappa shape index (κ1) is 14.0. The van der Waals surface area contributed by atoms with Crippen LogP contribution in [0.5, 0.6) is 0 Å². The molecule has 0 aliphatic carbocycles. The van der Waals surface area contributed by atoms with Gasteiger partial charge < -0.3 is 14.8 Å². The Kier molecular flexibility index (Phi) is 6.14. The maximum atomic E-state index is 5.70. The molecule has 1 N–H and O–H groups in total. The summed E-state index contributed by atoms with van der Waals surface area (Å²) in [6, 6.07) is 4.36. The van der Waals surface area contributed by atoms with E-state index in [4.69, 9.17) is 9.47 Å². The average Bonchev–Trinajstić information content (AvgIpc) is 2.81. The lowest BCUT2D eigenvalue weighted by molar-refractivity contribution is 0.0214. The van der Waals surface area contributed by atoms with Crippen LogP contribution >= 0.6 is 11.3 Å². The lowest BCUT2D eigenvalue weighted by atomic mass is 10.0. The van der Waals surface area contributed by atoms with Gasteiger partial charge in [-0.1, -0.05) is 0 Å². The van der Waals surface area contributed by atoms with Gasteiger partial charge in [-0.2, -0.15) is 0 Å². The van der Waals surface area contributed by atoms with E-state index in [9.17, 15) is 0 Å². The molecule has 4 heteroatoms. The molecule has 1 aliphatic rings. The number of aryl methyl sites for hydroxylation is 1. The molecule has 0 aromatic carbocycles. The van der Waals surface area contributed by atoms with Gasteiger partial charge in [0.15, 0.2) is 0 Å². The number of ether oxygens (including phenoxy) is 2. The van der Waals surface area contributed by atoms with Crippen LogP contribution in [0.15, 0.2) is 12.1 Å². The number of hydrogen-bond acceptors (Lipinski definition) is 4. The molecular formula is C14H23NO2S. The zero-order valence-corrected chi connectivity index (χ0v) is 11.9. The SMILES string of the molecule is Cc1ccc(CNCCOCC2CCOCC2)s1. The summed E-state index contributed by atoms with van der Waals surface area (Å²) < 4.78 is 11.0. The van der Waals surface area contributed by atoms with Crippen LogP contribution in [0.4, 0.5) is 0 Å². The van der Waals surface area contributed by atoms with Gasteiger partial charge in [-0.05, 0) is 37.8 Å². The summed E-state index contributed by atoms with van der Waals surface area (Å²) in [6.45, 7) is 7.54. The van der Waals surface area contributed by atoms with Crippen LogP contribution in [-0.4, -0.2) is 33.0 Å². The van der Waals surface area contributed by atoms with Crippen molar-refractivity contribution in [2.24, 2.45) is 5.92 Å². The number of rotatable bonds is 7. The van der Waals surface area contributed by atoms with Crippen LogP contribution in [0.25, 0.3) is 0 Å². The van der Waals surface area contributed by atoms with Gasteiger partial charge in [-0.15, -0.1) is 11.3 Å². The molecular weight excluding hydrogens is 246 g/mol. The van der Waals surface area contributed by atoms with E-state index < -0.39 is 0 Å². The highest BCUT2D eigenvalue weighted by molar-refractivity contribution is 7.11. The molecule has 0 saturated carbocycles. The third kappa shape index (κ3) is 5.06. The highest BCUT2D eigenvalue weighted by Crippen LogP contribution is 2.15. The first-order valence-electron chi connectivity index (χ1n) is 6.76. The van der Waals surface area contributed by atoms with Gasteiger partial charge in [0.25, 0.3) is 0 Å². The van der Waals surface area contributed by atoms with Crippen LogP contribution in [0.3, 0.4) is 0 Å². The predicted octanol–water partition coefficient (Wildman–Crippen LogP) is 2.59. The summed E-state index contributed by atoms with van der Waals surface area (Å²) >= 11 is 1.86. The minimum atomic E-state index is 0.707. The van der Waals surface area contributed by atoms with E-state index in [0.29, 0.717) is 5.92 Å². The molecule has 2 heterocycles. The normalized spacial score (nSPS) is 17.2. The highest BCUT2D eigenvalue weighted by Gasteiger charge is 2.13. The Balaban J connectivity index is 1.46. The molecule has 0 unspecified atom stereocenters. The van der Waals surface area contributed by atoms with Crippen molar-refractivity contribution in [3.05, 3.63) is 21.9 Å². The smallest absolute Gasteiger partial charge is 0.0591 e. The molecule has 2 rings (SSSR count). The summed E-state index contributed by atoms with van der Waals surface area (Å²) in [5, 5.41) is 3.41. The Morgan fingerprint density at radius 2 is 2.22 bits per heavy atom. The van der Waals surface area contributed by atoms with E-state index in [1.54, 1.807) is 0 Å². The summed E-state index contributed by atoms with van der Waals surface area (Å²) in [7, 11) is 0. The topological polar surface area (TPSA) is 30.5 Å². The summed E-state index contributed by atoms with van der Waals surface area (Å²) in [6.07, 6.45) is 2.31. The molecule has 1 aromatic heterocycles. The van der Waals surface area contributed by atoms with E-state index in [-0.39, 0.29) is 0 Å². The predicted molar refractivity (Wildman–Crippen MR) is 75.1 cm³/mol. The molecule has 0 atom stereocenters. The minimum absolute atomic E-state index is 0.707. The molecule has 3 nitrogen and oxygen atoms in total. The van der Waals surface area contributed by atoms with Crippen LogP contribution in [0, 0.1) is 12.8 Å². The molecule has 0 bridgehead atoms. The molecule has 0 amide bonds. The lowest BCUT2D eigenvalue weighted by Gasteiger charge is -2.21. The Bertz CT molecular complexity index is 334. The third-order valence-corrected chi connectivity index (χ3v) is 4.21. The van der Waals surface area contributed by atoms with Crippen molar-refractivity contribution in [2.45, 2.75) is 26.3 Å². The zero-order chi connectivity index (χ0) is 12.6. The van der Waals surface area contributed by atoms with Crippen LogP contribution < -0.4 is 5.32 Å². The van der Waals surface area contributed by atoms with Gasteiger partial charge in [0.05, 0.1) is 6.61 Å². The quantitative estimate of drug-likeness (QED) is 0.772. The Morgan fingerprint density at radius 1 is 1.39 bits per heavy atom. The maximum absolute atomic E-state index is 5.70. The molecule has 1 fully saturated rings. The number of thiophene rings is 1. The second-order valence-electron chi connectivity index (χ2n) is 4.82. The van der Waals surface area contributed by atoms with Crippen molar-refractivity contribution < 1.29 is 9.47 Å². The fraction of sp³-hybridized carbons (Fsp3) is 0.714. The minimum Gasteiger partial charge on any atom is -0.381 e. The van der Waals surface area contributed by atoms with E-state index in [1.165, 1.54) is 9.75 Å². The second kappa shape index (κ2) is 7.89. The Hall–Kier alpha value is -0.420. The first-order valence-corrected chi connectivity index (χ1v) is 7.58. The average molecular weight is 269 g/mol. The molecule has 18 heavy (non-hydrogen) atoms. The van der Waals surface area contributed by atoms with Gasteiger partial charge in [0, 0.05) is 42.7 Å². The summed E-state index contributed by atoms with van der Waals surface area (Å²) in [5.41, 5.74) is 0. The van der Waals surface area contributed by atoms with E-state index >= 15 is 0 Å². The van der Waals surface area contributed by atoms with Crippen LogP contribution in [0.2, 0.25) is 0 Å². The Morgan fingerprint density at radius 3 is 2.94 bits per heavy atom. The summed E-state index contributed by atoms with van der Waals surface area (Å²) in [4.78, 5) is 2.78. The summed E-state index contributed by atoms with van der Waals surface area (Å²) in [5.74, 6) is 0.707. The number of hydrogen-bond donors (Lipinski definition) is 1. The van der Waals surface area contributed by atoms with Gasteiger partial charge in [0.1, 0.15) is 0 Å². The van der Waals surface area contributed by atoms with Crippen LogP contribution in [-0.2, 0) is 16.0 Å². The van der Waals surface area contributed by atoms with Gasteiger partial charge >= 0.3 is 0 Å². The fourth-order valence-electron chi connectivity index (χ4n) is 2.10. The third-order valence-electron chi connectivity index (χ3n) is 3.21. The fourth-order valence-corrected chi connectivity index (χ4v) is 2.96. The molecule has 1 aromatic rings. The van der Waals surface area contributed by atoms with Gasteiger partial charge in [-0.25, -0.2) is 0 Å². The van der Waals surface area contributed by atoms with E-state index in [2.05, 4.69) is 24.4 Å². The second-order valence-corrected chi connectivity index (χ2v) is 6.19. The molecule has 102 valence electrons. The van der Waals surface area contributed by atoms with Crippen molar-refractivity contribution in [3.63, 3.8) is 0 Å². The highest BCUT2D eigenvalue weighted by atomic mass is 32.1. The number of nitrogens with one attached hydrogen (secondary N) is 1. The van der Waals surface area contributed by atoms with Gasteiger partial charge in [0.2, 0.25) is 0 Å². The monoisotopic (exact) mass is 269 g/mol. The molecule has 1 saturated heterocycles. The lowest BCUT2D eigenvalue weighted by Crippen LogP contribution is -2.23. The van der Waals surface area contributed by atoms with Crippen molar-refractivity contribution in [2.75, 3.05) is 33.0 Å². The Labute approximate surface area is 113 Å². The molecule has 0 spiro atoms. The van der Waals surface area contributed by atoms with Crippen molar-refractivity contribution in [3.8, 4) is 0 Å².